The number of amides is 1. The first-order valence-corrected chi connectivity index (χ1v) is 5.79. The minimum atomic E-state index is 0.143. The predicted molar refractivity (Wildman–Crippen MR) is 63.5 cm³/mol. The van der Waals surface area contributed by atoms with E-state index in [2.05, 4.69) is 5.32 Å². The maximum Gasteiger partial charge on any atom is 0.270 e. The van der Waals surface area contributed by atoms with Crippen LogP contribution in [0, 0.1) is 6.92 Å². The SMILES string of the molecule is CCN(C(=O)c1ccc(C)n1C)C1CNC1. The molecule has 2 heterocycles. The second-order valence-corrected chi connectivity index (χ2v) is 4.32. The molecule has 0 saturated carbocycles. The van der Waals surface area contributed by atoms with Crippen LogP contribution in [-0.4, -0.2) is 41.1 Å². The summed E-state index contributed by atoms with van der Waals surface area (Å²) >= 11 is 0. The fourth-order valence-corrected chi connectivity index (χ4v) is 2.04. The molecule has 1 aliphatic rings. The predicted octanol–water partition coefficient (Wildman–Crippen LogP) is 0.767. The van der Waals surface area contributed by atoms with E-state index in [0.29, 0.717) is 6.04 Å². The molecule has 0 unspecified atom stereocenters. The van der Waals surface area contributed by atoms with Gasteiger partial charge < -0.3 is 14.8 Å². The Balaban J connectivity index is 2.19. The van der Waals surface area contributed by atoms with E-state index in [-0.39, 0.29) is 5.91 Å². The number of rotatable bonds is 3. The smallest absolute Gasteiger partial charge is 0.270 e. The molecule has 1 fully saturated rings. The molecule has 1 saturated heterocycles. The Bertz CT molecular complexity index is 393. The van der Waals surface area contributed by atoms with Gasteiger partial charge in [-0.1, -0.05) is 0 Å². The van der Waals surface area contributed by atoms with E-state index in [4.69, 9.17) is 0 Å². The lowest BCUT2D eigenvalue weighted by molar-refractivity contribution is 0.0620. The van der Waals surface area contributed by atoms with E-state index in [1.165, 1.54) is 0 Å². The molecule has 0 spiro atoms. The summed E-state index contributed by atoms with van der Waals surface area (Å²) in [7, 11) is 1.94. The van der Waals surface area contributed by atoms with Crippen LogP contribution in [0.25, 0.3) is 0 Å². The first kappa shape index (κ1) is 11.2. The molecule has 1 N–H and O–H groups in total. The van der Waals surface area contributed by atoms with Crippen LogP contribution in [0.15, 0.2) is 12.1 Å². The van der Waals surface area contributed by atoms with Crippen molar-refractivity contribution in [3.05, 3.63) is 23.5 Å². The minimum Gasteiger partial charge on any atom is -0.344 e. The summed E-state index contributed by atoms with van der Waals surface area (Å²) in [4.78, 5) is 14.3. The summed E-state index contributed by atoms with van der Waals surface area (Å²) in [6.45, 7) is 6.66. The van der Waals surface area contributed by atoms with Gasteiger partial charge >= 0.3 is 0 Å². The van der Waals surface area contributed by atoms with Gasteiger partial charge in [-0.15, -0.1) is 0 Å². The van der Waals surface area contributed by atoms with Gasteiger partial charge in [0.1, 0.15) is 5.69 Å². The highest BCUT2D eigenvalue weighted by molar-refractivity contribution is 5.93. The van der Waals surface area contributed by atoms with E-state index in [9.17, 15) is 4.79 Å². The van der Waals surface area contributed by atoms with Crippen molar-refractivity contribution in [1.29, 1.82) is 0 Å². The molecule has 0 radical (unpaired) electrons. The molecule has 1 amide bonds. The Morgan fingerprint density at radius 1 is 1.56 bits per heavy atom. The molecular weight excluding hydrogens is 202 g/mol. The van der Waals surface area contributed by atoms with Crippen LogP contribution in [0.3, 0.4) is 0 Å². The molecular formula is C12H19N3O. The molecule has 1 aromatic heterocycles. The highest BCUT2D eigenvalue weighted by atomic mass is 16.2. The van der Waals surface area contributed by atoms with Crippen LogP contribution in [0.1, 0.15) is 23.1 Å². The van der Waals surface area contributed by atoms with Crippen molar-refractivity contribution in [1.82, 2.24) is 14.8 Å². The van der Waals surface area contributed by atoms with Crippen molar-refractivity contribution >= 4 is 5.91 Å². The molecule has 1 aliphatic heterocycles. The zero-order valence-electron chi connectivity index (χ0n) is 10.2. The quantitative estimate of drug-likeness (QED) is 0.818. The number of carbonyl (C=O) groups is 1. The van der Waals surface area contributed by atoms with Crippen molar-refractivity contribution in [2.45, 2.75) is 19.9 Å². The molecule has 4 heteroatoms. The number of nitrogens with zero attached hydrogens (tertiary/aromatic N) is 2. The third kappa shape index (κ3) is 1.73. The zero-order chi connectivity index (χ0) is 11.7. The molecule has 88 valence electrons. The fourth-order valence-electron chi connectivity index (χ4n) is 2.04. The van der Waals surface area contributed by atoms with Gasteiger partial charge in [0.15, 0.2) is 0 Å². The van der Waals surface area contributed by atoms with Gasteiger partial charge in [-0.25, -0.2) is 0 Å². The maximum atomic E-state index is 12.3. The number of aromatic nitrogens is 1. The largest absolute Gasteiger partial charge is 0.344 e. The Labute approximate surface area is 96.2 Å². The summed E-state index contributed by atoms with van der Waals surface area (Å²) in [6.07, 6.45) is 0. The number of hydrogen-bond acceptors (Lipinski definition) is 2. The van der Waals surface area contributed by atoms with Crippen LogP contribution in [0.5, 0.6) is 0 Å². The normalized spacial score (nSPS) is 15.9. The fraction of sp³-hybridized carbons (Fsp3) is 0.583. The number of nitrogens with one attached hydrogen (secondary N) is 1. The Hall–Kier alpha value is -1.29. The van der Waals surface area contributed by atoms with Gasteiger partial charge in [0.2, 0.25) is 0 Å². The lowest BCUT2D eigenvalue weighted by Gasteiger charge is -2.37. The zero-order valence-corrected chi connectivity index (χ0v) is 10.2. The van der Waals surface area contributed by atoms with Gasteiger partial charge in [0, 0.05) is 32.4 Å². The van der Waals surface area contributed by atoms with Gasteiger partial charge in [-0.05, 0) is 26.0 Å². The van der Waals surface area contributed by atoms with Gasteiger partial charge in [0.25, 0.3) is 5.91 Å². The van der Waals surface area contributed by atoms with Gasteiger partial charge in [-0.3, -0.25) is 4.79 Å². The summed E-state index contributed by atoms with van der Waals surface area (Å²) in [5, 5.41) is 3.20. The highest BCUT2D eigenvalue weighted by Crippen LogP contribution is 2.13. The van der Waals surface area contributed by atoms with Crippen molar-refractivity contribution in [3.8, 4) is 0 Å². The highest BCUT2D eigenvalue weighted by Gasteiger charge is 2.28. The maximum absolute atomic E-state index is 12.3. The van der Waals surface area contributed by atoms with Crippen LogP contribution in [-0.2, 0) is 7.05 Å². The Morgan fingerprint density at radius 3 is 2.62 bits per heavy atom. The molecule has 4 nitrogen and oxygen atoms in total. The molecule has 0 atom stereocenters. The summed E-state index contributed by atoms with van der Waals surface area (Å²) < 4.78 is 1.96. The van der Waals surface area contributed by atoms with Crippen LogP contribution < -0.4 is 5.32 Å². The molecule has 0 aromatic carbocycles. The Morgan fingerprint density at radius 2 is 2.25 bits per heavy atom. The van der Waals surface area contributed by atoms with Gasteiger partial charge in [0.05, 0.1) is 6.04 Å². The second-order valence-electron chi connectivity index (χ2n) is 4.32. The average Bonchev–Trinajstić information content (AvgIpc) is 2.52. The number of aryl methyl sites for hydroxylation is 1. The third-order valence-corrected chi connectivity index (χ3v) is 3.39. The topological polar surface area (TPSA) is 37.3 Å². The van der Waals surface area contributed by atoms with Crippen LogP contribution in [0.2, 0.25) is 0 Å². The van der Waals surface area contributed by atoms with E-state index < -0.39 is 0 Å². The van der Waals surface area contributed by atoms with E-state index in [0.717, 1.165) is 31.0 Å². The number of carbonyl (C=O) groups excluding carboxylic acids is 1. The molecule has 2 rings (SSSR count). The lowest BCUT2D eigenvalue weighted by atomic mass is 10.1. The van der Waals surface area contributed by atoms with Crippen molar-refractivity contribution in [2.24, 2.45) is 7.05 Å². The van der Waals surface area contributed by atoms with E-state index in [1.54, 1.807) is 0 Å². The second kappa shape index (κ2) is 4.29. The first-order chi connectivity index (χ1) is 7.65. The standard InChI is InChI=1S/C12H19N3O/c1-4-15(10-7-13-8-10)12(16)11-6-5-9(2)14(11)3/h5-6,10,13H,4,7-8H2,1-3H3. The van der Waals surface area contributed by atoms with Crippen molar-refractivity contribution < 1.29 is 4.79 Å². The molecule has 0 aliphatic carbocycles. The number of hydrogen-bond donors (Lipinski definition) is 1. The molecule has 16 heavy (non-hydrogen) atoms. The van der Waals surface area contributed by atoms with Gasteiger partial charge in [-0.2, -0.15) is 0 Å². The summed E-state index contributed by atoms with van der Waals surface area (Å²) in [5.74, 6) is 0.143. The first-order valence-electron chi connectivity index (χ1n) is 5.79. The van der Waals surface area contributed by atoms with Crippen molar-refractivity contribution in [3.63, 3.8) is 0 Å². The lowest BCUT2D eigenvalue weighted by Crippen LogP contribution is -2.58. The monoisotopic (exact) mass is 221 g/mol. The van der Waals surface area contributed by atoms with Crippen molar-refractivity contribution in [2.75, 3.05) is 19.6 Å². The van der Waals surface area contributed by atoms with Crippen LogP contribution >= 0.6 is 0 Å². The summed E-state index contributed by atoms with van der Waals surface area (Å²) in [5.41, 5.74) is 1.90. The Kier molecular flexibility index (Phi) is 3.01. The third-order valence-electron chi connectivity index (χ3n) is 3.39. The summed E-state index contributed by atoms with van der Waals surface area (Å²) in [6, 6.07) is 4.26. The van der Waals surface area contributed by atoms with Crippen LogP contribution in [0.4, 0.5) is 0 Å². The average molecular weight is 221 g/mol. The minimum absolute atomic E-state index is 0.143. The van der Waals surface area contributed by atoms with E-state index in [1.807, 2.05) is 42.5 Å². The molecule has 1 aromatic rings. The molecule has 0 bridgehead atoms. The van der Waals surface area contributed by atoms with E-state index >= 15 is 0 Å². The number of likely N-dealkylation sites (N-methyl/N-ethyl adjacent to an activating group) is 1.